The second-order valence-electron chi connectivity index (χ2n) is 5.79. The number of carbonyl (C=O) groups excluding carboxylic acids is 1. The Morgan fingerprint density at radius 3 is 2.55 bits per heavy atom. The van der Waals surface area contributed by atoms with Crippen molar-refractivity contribution in [3.8, 4) is 0 Å². The van der Waals surface area contributed by atoms with E-state index >= 15 is 0 Å². The molecule has 0 aromatic rings. The Labute approximate surface area is 122 Å². The predicted octanol–water partition coefficient (Wildman–Crippen LogP) is 2.15. The van der Waals surface area contributed by atoms with E-state index in [0.717, 1.165) is 32.4 Å². The number of rotatable bonds is 4. The van der Waals surface area contributed by atoms with Gasteiger partial charge in [0.2, 0.25) is 0 Å². The third-order valence-corrected chi connectivity index (χ3v) is 4.48. The van der Waals surface area contributed by atoms with Crippen molar-refractivity contribution in [2.24, 2.45) is 0 Å². The average Bonchev–Trinajstić information content (AvgIpc) is 2.49. The van der Waals surface area contributed by atoms with Gasteiger partial charge < -0.3 is 19.7 Å². The predicted molar refractivity (Wildman–Crippen MR) is 77.8 cm³/mol. The van der Waals surface area contributed by atoms with E-state index in [2.05, 4.69) is 5.32 Å². The van der Waals surface area contributed by atoms with Gasteiger partial charge in [-0.2, -0.15) is 0 Å². The second kappa shape index (κ2) is 7.84. The third-order valence-electron chi connectivity index (χ3n) is 4.48. The first-order valence-corrected chi connectivity index (χ1v) is 7.95. The first-order chi connectivity index (χ1) is 9.74. The molecule has 1 aliphatic heterocycles. The van der Waals surface area contributed by atoms with Crippen molar-refractivity contribution in [3.05, 3.63) is 0 Å². The van der Waals surface area contributed by atoms with Crippen LogP contribution in [0.4, 0.5) is 4.79 Å². The molecule has 1 N–H and O–H groups in total. The molecule has 2 unspecified atom stereocenters. The SMILES string of the molecule is CCOC(=O)N1CCC(NC2CCCCC2OC)CC1. The van der Waals surface area contributed by atoms with Gasteiger partial charge in [-0.15, -0.1) is 0 Å². The zero-order chi connectivity index (χ0) is 14.4. The van der Waals surface area contributed by atoms with E-state index in [0.29, 0.717) is 24.8 Å². The summed E-state index contributed by atoms with van der Waals surface area (Å²) in [5.74, 6) is 0. The molecule has 2 rings (SSSR count). The minimum Gasteiger partial charge on any atom is -0.450 e. The molecule has 20 heavy (non-hydrogen) atoms. The van der Waals surface area contributed by atoms with E-state index < -0.39 is 0 Å². The lowest BCUT2D eigenvalue weighted by molar-refractivity contribution is 0.0329. The van der Waals surface area contributed by atoms with Crippen LogP contribution in [0.1, 0.15) is 45.4 Å². The molecule has 0 spiro atoms. The number of nitrogens with zero attached hydrogens (tertiary/aromatic N) is 1. The molecule has 1 aliphatic carbocycles. The van der Waals surface area contributed by atoms with E-state index in [1.807, 2.05) is 18.9 Å². The van der Waals surface area contributed by atoms with Crippen molar-refractivity contribution in [2.75, 3.05) is 26.8 Å². The molecule has 1 saturated heterocycles. The van der Waals surface area contributed by atoms with E-state index in [1.54, 1.807) is 0 Å². The number of amides is 1. The van der Waals surface area contributed by atoms with Crippen LogP contribution in [0.3, 0.4) is 0 Å². The fourth-order valence-corrected chi connectivity index (χ4v) is 3.32. The summed E-state index contributed by atoms with van der Waals surface area (Å²) in [6.07, 6.45) is 7.13. The average molecular weight is 284 g/mol. The van der Waals surface area contributed by atoms with Gasteiger partial charge in [-0.1, -0.05) is 12.8 Å². The van der Waals surface area contributed by atoms with Crippen LogP contribution >= 0.6 is 0 Å². The molecule has 0 radical (unpaired) electrons. The fourth-order valence-electron chi connectivity index (χ4n) is 3.32. The maximum absolute atomic E-state index is 11.7. The van der Waals surface area contributed by atoms with Gasteiger partial charge in [-0.3, -0.25) is 0 Å². The number of hydrogen-bond acceptors (Lipinski definition) is 4. The number of carbonyl (C=O) groups is 1. The van der Waals surface area contributed by atoms with Crippen molar-refractivity contribution >= 4 is 6.09 Å². The maximum atomic E-state index is 11.7. The molecule has 2 fully saturated rings. The van der Waals surface area contributed by atoms with E-state index in [4.69, 9.17) is 9.47 Å². The summed E-state index contributed by atoms with van der Waals surface area (Å²) in [4.78, 5) is 13.5. The molecule has 2 aliphatic rings. The zero-order valence-electron chi connectivity index (χ0n) is 12.8. The highest BCUT2D eigenvalue weighted by Crippen LogP contribution is 2.22. The maximum Gasteiger partial charge on any atom is 0.409 e. The second-order valence-corrected chi connectivity index (χ2v) is 5.79. The molecule has 1 amide bonds. The van der Waals surface area contributed by atoms with Gasteiger partial charge in [-0.05, 0) is 32.6 Å². The van der Waals surface area contributed by atoms with Crippen LogP contribution in [0.15, 0.2) is 0 Å². The molecule has 1 heterocycles. The number of methoxy groups -OCH3 is 1. The van der Waals surface area contributed by atoms with Gasteiger partial charge in [0, 0.05) is 32.3 Å². The first kappa shape index (κ1) is 15.6. The van der Waals surface area contributed by atoms with Gasteiger partial charge in [-0.25, -0.2) is 4.79 Å². The normalized spacial score (nSPS) is 28.4. The molecule has 0 aromatic heterocycles. The largest absolute Gasteiger partial charge is 0.450 e. The Hall–Kier alpha value is -0.810. The van der Waals surface area contributed by atoms with Crippen LogP contribution in [0, 0.1) is 0 Å². The number of likely N-dealkylation sites (tertiary alicyclic amines) is 1. The van der Waals surface area contributed by atoms with Gasteiger partial charge in [0.25, 0.3) is 0 Å². The first-order valence-electron chi connectivity index (χ1n) is 7.95. The summed E-state index contributed by atoms with van der Waals surface area (Å²) in [5, 5.41) is 3.75. The summed E-state index contributed by atoms with van der Waals surface area (Å²) in [6, 6.07) is 0.981. The van der Waals surface area contributed by atoms with Crippen molar-refractivity contribution in [2.45, 2.75) is 63.6 Å². The zero-order valence-corrected chi connectivity index (χ0v) is 12.8. The topological polar surface area (TPSA) is 50.8 Å². The highest BCUT2D eigenvalue weighted by atomic mass is 16.6. The van der Waals surface area contributed by atoms with Gasteiger partial charge in [0.15, 0.2) is 0 Å². The molecular formula is C15H28N2O3. The summed E-state index contributed by atoms with van der Waals surface area (Å²) < 4.78 is 10.6. The standard InChI is InChI=1S/C15H28N2O3/c1-3-20-15(18)17-10-8-12(9-11-17)16-13-6-4-5-7-14(13)19-2/h12-14,16H,3-11H2,1-2H3. The summed E-state index contributed by atoms with van der Waals surface area (Å²) in [7, 11) is 1.81. The highest BCUT2D eigenvalue weighted by molar-refractivity contribution is 5.67. The summed E-state index contributed by atoms with van der Waals surface area (Å²) >= 11 is 0. The highest BCUT2D eigenvalue weighted by Gasteiger charge is 2.29. The molecule has 5 heteroatoms. The molecule has 2 atom stereocenters. The summed E-state index contributed by atoms with van der Waals surface area (Å²) in [6.45, 7) is 3.89. The summed E-state index contributed by atoms with van der Waals surface area (Å²) in [5.41, 5.74) is 0. The molecule has 5 nitrogen and oxygen atoms in total. The Balaban J connectivity index is 1.74. The van der Waals surface area contributed by atoms with Crippen molar-refractivity contribution in [1.82, 2.24) is 10.2 Å². The van der Waals surface area contributed by atoms with Crippen LogP contribution in [0.2, 0.25) is 0 Å². The van der Waals surface area contributed by atoms with Crippen molar-refractivity contribution in [1.29, 1.82) is 0 Å². The fraction of sp³-hybridized carbons (Fsp3) is 0.933. The molecular weight excluding hydrogens is 256 g/mol. The molecule has 0 bridgehead atoms. The third kappa shape index (κ3) is 4.09. The van der Waals surface area contributed by atoms with Crippen molar-refractivity contribution in [3.63, 3.8) is 0 Å². The molecule has 116 valence electrons. The Kier molecular flexibility index (Phi) is 6.10. The minimum absolute atomic E-state index is 0.168. The van der Waals surface area contributed by atoms with Crippen LogP contribution in [0.5, 0.6) is 0 Å². The lowest BCUT2D eigenvalue weighted by Crippen LogP contribution is -2.52. The van der Waals surface area contributed by atoms with Crippen LogP contribution in [0.25, 0.3) is 0 Å². The molecule has 1 saturated carbocycles. The van der Waals surface area contributed by atoms with E-state index in [-0.39, 0.29) is 6.09 Å². The quantitative estimate of drug-likeness (QED) is 0.859. The number of hydrogen-bond donors (Lipinski definition) is 1. The van der Waals surface area contributed by atoms with Gasteiger partial charge in [0.05, 0.1) is 12.7 Å². The van der Waals surface area contributed by atoms with Crippen LogP contribution in [-0.2, 0) is 9.47 Å². The lowest BCUT2D eigenvalue weighted by Gasteiger charge is -2.37. The number of ether oxygens (including phenoxy) is 2. The number of nitrogens with one attached hydrogen (secondary N) is 1. The van der Waals surface area contributed by atoms with Gasteiger partial charge >= 0.3 is 6.09 Å². The van der Waals surface area contributed by atoms with E-state index in [1.165, 1.54) is 19.3 Å². The minimum atomic E-state index is -0.168. The van der Waals surface area contributed by atoms with E-state index in [9.17, 15) is 4.79 Å². The van der Waals surface area contributed by atoms with Crippen LogP contribution in [-0.4, -0.2) is 56.0 Å². The van der Waals surface area contributed by atoms with Gasteiger partial charge in [0.1, 0.15) is 0 Å². The lowest BCUT2D eigenvalue weighted by atomic mass is 9.91. The Morgan fingerprint density at radius 1 is 1.20 bits per heavy atom. The van der Waals surface area contributed by atoms with Crippen molar-refractivity contribution < 1.29 is 14.3 Å². The van der Waals surface area contributed by atoms with Crippen LogP contribution < -0.4 is 5.32 Å². The smallest absolute Gasteiger partial charge is 0.409 e. The number of piperidine rings is 1. The molecule has 0 aromatic carbocycles. The Bertz CT molecular complexity index is 303. The Morgan fingerprint density at radius 2 is 1.90 bits per heavy atom. The monoisotopic (exact) mass is 284 g/mol.